The zero-order valence-electron chi connectivity index (χ0n) is 16.2. The fraction of sp³-hybridized carbons (Fsp3) is 0.100. The number of amides is 1. The maximum atomic E-state index is 12.7. The van der Waals surface area contributed by atoms with Gasteiger partial charge < -0.3 is 0 Å². The first kappa shape index (κ1) is 19.5. The molecule has 0 fully saturated rings. The third kappa shape index (κ3) is 3.98. The molecule has 0 bridgehead atoms. The summed E-state index contributed by atoms with van der Waals surface area (Å²) >= 11 is 0. The molecule has 2 N–H and O–H groups in total. The summed E-state index contributed by atoms with van der Waals surface area (Å²) in [5, 5.41) is 6.80. The minimum Gasteiger partial charge on any atom is -0.293 e. The molecular weight excluding hydrogens is 404 g/mol. The van der Waals surface area contributed by atoms with Crippen molar-refractivity contribution in [1.82, 2.24) is 19.6 Å². The Hall–Kier alpha value is -3.79. The van der Waals surface area contributed by atoms with Crippen LogP contribution in [0.3, 0.4) is 0 Å². The van der Waals surface area contributed by atoms with Crippen LogP contribution in [-0.4, -0.2) is 33.9 Å². The van der Waals surface area contributed by atoms with E-state index in [2.05, 4.69) is 25.1 Å². The first-order valence-corrected chi connectivity index (χ1v) is 10.5. The summed E-state index contributed by atoms with van der Waals surface area (Å²) < 4.78 is 29.4. The average molecular weight is 422 g/mol. The predicted octanol–water partition coefficient (Wildman–Crippen LogP) is 2.86. The highest BCUT2D eigenvalue weighted by Crippen LogP contribution is 2.24. The van der Waals surface area contributed by atoms with E-state index in [0.29, 0.717) is 22.7 Å². The standard InChI is InChI=1S/C20H18N6O3S/c1-13-6-8-17(9-7-13)30(28,29)25-16-5-3-4-15(12-16)19-21-11-10-18-23-20(22-14(2)27)24-26(18)19/h3-12,25H,1-2H3,(H,22,24,27). The van der Waals surface area contributed by atoms with E-state index in [1.54, 1.807) is 60.8 Å². The summed E-state index contributed by atoms with van der Waals surface area (Å²) in [6, 6.07) is 15.1. The van der Waals surface area contributed by atoms with Gasteiger partial charge >= 0.3 is 0 Å². The lowest BCUT2D eigenvalue weighted by Crippen LogP contribution is -2.13. The van der Waals surface area contributed by atoms with E-state index in [-0.39, 0.29) is 16.8 Å². The van der Waals surface area contributed by atoms with Crippen LogP contribution in [0, 0.1) is 6.92 Å². The van der Waals surface area contributed by atoms with Gasteiger partial charge in [0.1, 0.15) is 0 Å². The van der Waals surface area contributed by atoms with E-state index < -0.39 is 10.0 Å². The Bertz CT molecular complexity index is 1350. The number of rotatable bonds is 5. The largest absolute Gasteiger partial charge is 0.293 e. The number of fused-ring (bicyclic) bond motifs is 1. The fourth-order valence-corrected chi connectivity index (χ4v) is 3.93. The van der Waals surface area contributed by atoms with Gasteiger partial charge in [-0.1, -0.05) is 29.8 Å². The monoisotopic (exact) mass is 422 g/mol. The number of sulfonamides is 1. The molecule has 0 aliphatic heterocycles. The number of anilines is 2. The normalized spacial score (nSPS) is 11.4. The Balaban J connectivity index is 1.69. The van der Waals surface area contributed by atoms with Gasteiger partial charge in [0, 0.05) is 30.4 Å². The van der Waals surface area contributed by atoms with Crippen molar-refractivity contribution in [2.75, 3.05) is 10.0 Å². The summed E-state index contributed by atoms with van der Waals surface area (Å²) in [4.78, 5) is 20.0. The SMILES string of the molecule is CC(=O)Nc1nc2ccnc(-c3cccc(NS(=O)(=O)c4ccc(C)cc4)c3)n2n1. The van der Waals surface area contributed by atoms with Crippen molar-refractivity contribution in [2.45, 2.75) is 18.7 Å². The molecule has 4 aromatic rings. The highest BCUT2D eigenvalue weighted by atomic mass is 32.2. The minimum atomic E-state index is -3.73. The highest BCUT2D eigenvalue weighted by Gasteiger charge is 2.16. The van der Waals surface area contributed by atoms with Crippen molar-refractivity contribution in [1.29, 1.82) is 0 Å². The van der Waals surface area contributed by atoms with Gasteiger partial charge in [0.2, 0.25) is 11.9 Å². The molecule has 0 saturated heterocycles. The Morgan fingerprint density at radius 3 is 2.57 bits per heavy atom. The Kier molecular flexibility index (Phi) is 4.92. The molecule has 0 radical (unpaired) electrons. The molecule has 1 amide bonds. The van der Waals surface area contributed by atoms with E-state index in [4.69, 9.17) is 0 Å². The van der Waals surface area contributed by atoms with Crippen LogP contribution in [0.15, 0.2) is 65.7 Å². The molecule has 9 nitrogen and oxygen atoms in total. The zero-order chi connectivity index (χ0) is 21.3. The van der Waals surface area contributed by atoms with E-state index in [1.165, 1.54) is 11.4 Å². The summed E-state index contributed by atoms with van der Waals surface area (Å²) in [6.07, 6.45) is 1.57. The lowest BCUT2D eigenvalue weighted by atomic mass is 10.2. The molecule has 30 heavy (non-hydrogen) atoms. The van der Waals surface area contributed by atoms with Gasteiger partial charge in [-0.15, -0.1) is 5.10 Å². The minimum absolute atomic E-state index is 0.160. The zero-order valence-corrected chi connectivity index (χ0v) is 17.0. The van der Waals surface area contributed by atoms with Crippen molar-refractivity contribution in [3.63, 3.8) is 0 Å². The van der Waals surface area contributed by atoms with Gasteiger partial charge in [0.25, 0.3) is 10.0 Å². The lowest BCUT2D eigenvalue weighted by Gasteiger charge is -2.10. The topological polar surface area (TPSA) is 118 Å². The molecule has 4 rings (SSSR count). The molecular formula is C20H18N6O3S. The first-order valence-electron chi connectivity index (χ1n) is 9.01. The van der Waals surface area contributed by atoms with Crippen LogP contribution in [0.5, 0.6) is 0 Å². The number of nitrogens with one attached hydrogen (secondary N) is 2. The van der Waals surface area contributed by atoms with Crippen molar-refractivity contribution in [3.8, 4) is 11.4 Å². The summed E-state index contributed by atoms with van der Waals surface area (Å²) in [7, 11) is -3.73. The maximum Gasteiger partial charge on any atom is 0.261 e. The molecule has 0 spiro atoms. The molecule has 10 heteroatoms. The van der Waals surface area contributed by atoms with Gasteiger partial charge in [-0.2, -0.15) is 9.50 Å². The first-order chi connectivity index (χ1) is 14.3. The van der Waals surface area contributed by atoms with Crippen LogP contribution < -0.4 is 10.0 Å². The highest BCUT2D eigenvalue weighted by molar-refractivity contribution is 7.92. The van der Waals surface area contributed by atoms with Crippen molar-refractivity contribution in [2.24, 2.45) is 0 Å². The van der Waals surface area contributed by atoms with Gasteiger partial charge in [-0.3, -0.25) is 14.8 Å². The van der Waals surface area contributed by atoms with Crippen LogP contribution in [0.2, 0.25) is 0 Å². The van der Waals surface area contributed by atoms with Crippen LogP contribution in [0.4, 0.5) is 11.6 Å². The number of nitrogens with zero attached hydrogens (tertiary/aromatic N) is 4. The van der Waals surface area contributed by atoms with E-state index in [0.717, 1.165) is 5.56 Å². The van der Waals surface area contributed by atoms with E-state index in [1.807, 2.05) is 6.92 Å². The average Bonchev–Trinajstić information content (AvgIpc) is 3.09. The Labute approximate surface area is 172 Å². The lowest BCUT2D eigenvalue weighted by molar-refractivity contribution is -0.114. The molecule has 2 aromatic carbocycles. The van der Waals surface area contributed by atoms with Crippen molar-refractivity contribution < 1.29 is 13.2 Å². The molecule has 2 aromatic heterocycles. The number of hydrogen-bond acceptors (Lipinski definition) is 6. The second kappa shape index (κ2) is 7.56. The van der Waals surface area contributed by atoms with Crippen molar-refractivity contribution in [3.05, 3.63) is 66.4 Å². The molecule has 152 valence electrons. The Morgan fingerprint density at radius 1 is 1.07 bits per heavy atom. The molecule has 0 aliphatic carbocycles. The quantitative estimate of drug-likeness (QED) is 0.511. The van der Waals surface area contributed by atoms with Gasteiger partial charge in [0.15, 0.2) is 11.5 Å². The molecule has 2 heterocycles. The number of hydrogen-bond donors (Lipinski definition) is 2. The Morgan fingerprint density at radius 2 is 1.83 bits per heavy atom. The fourth-order valence-electron chi connectivity index (χ4n) is 2.88. The van der Waals surface area contributed by atoms with Crippen LogP contribution >= 0.6 is 0 Å². The van der Waals surface area contributed by atoms with Gasteiger partial charge in [-0.25, -0.2) is 13.4 Å². The van der Waals surface area contributed by atoms with Crippen LogP contribution in [0.25, 0.3) is 17.0 Å². The van der Waals surface area contributed by atoms with Gasteiger partial charge in [0.05, 0.1) is 4.90 Å². The van der Waals surface area contributed by atoms with E-state index >= 15 is 0 Å². The second-order valence-corrected chi connectivity index (χ2v) is 8.34. The third-order valence-electron chi connectivity index (χ3n) is 4.25. The maximum absolute atomic E-state index is 12.7. The van der Waals surface area contributed by atoms with E-state index in [9.17, 15) is 13.2 Å². The molecule has 0 aliphatic rings. The summed E-state index contributed by atoms with van der Waals surface area (Å²) in [5.41, 5.74) is 2.48. The smallest absolute Gasteiger partial charge is 0.261 e. The number of carbonyl (C=O) groups is 1. The van der Waals surface area contributed by atoms with Crippen LogP contribution in [0.1, 0.15) is 12.5 Å². The number of aromatic nitrogens is 4. The predicted molar refractivity (Wildman–Crippen MR) is 113 cm³/mol. The number of carbonyl (C=O) groups excluding carboxylic acids is 1. The molecule has 0 atom stereocenters. The summed E-state index contributed by atoms with van der Waals surface area (Å²) in [6.45, 7) is 3.26. The second-order valence-electron chi connectivity index (χ2n) is 6.65. The number of benzene rings is 2. The van der Waals surface area contributed by atoms with Crippen LogP contribution in [-0.2, 0) is 14.8 Å². The number of aryl methyl sites for hydroxylation is 1. The van der Waals surface area contributed by atoms with Crippen molar-refractivity contribution >= 4 is 33.2 Å². The third-order valence-corrected chi connectivity index (χ3v) is 5.64. The van der Waals surface area contributed by atoms with Gasteiger partial charge in [-0.05, 0) is 31.2 Å². The summed E-state index contributed by atoms with van der Waals surface area (Å²) in [5.74, 6) is 0.328. The molecule has 0 saturated carbocycles. The molecule has 0 unspecified atom stereocenters.